The molecule has 1 unspecified atom stereocenters. The number of primary amides is 1. The van der Waals surface area contributed by atoms with Crippen LogP contribution in [0.15, 0.2) is 60.8 Å². The Morgan fingerprint density at radius 3 is 2.55 bits per heavy atom. The summed E-state index contributed by atoms with van der Waals surface area (Å²) in [6.07, 6.45) is 1.85. The Morgan fingerprint density at radius 2 is 1.82 bits per heavy atom. The first kappa shape index (κ1) is 14.2. The van der Waals surface area contributed by atoms with Gasteiger partial charge in [0.1, 0.15) is 6.61 Å². The second-order valence-corrected chi connectivity index (χ2v) is 5.31. The fourth-order valence-corrected chi connectivity index (χ4v) is 2.50. The first-order valence-electron chi connectivity index (χ1n) is 7.23. The molecule has 0 aliphatic rings. The lowest BCUT2D eigenvalue weighted by Crippen LogP contribution is -2.18. The number of carbonyl (C=O) groups excluding carboxylic acids is 1. The van der Waals surface area contributed by atoms with Crippen LogP contribution in [0.4, 0.5) is 0 Å². The van der Waals surface area contributed by atoms with Crippen molar-refractivity contribution in [1.29, 1.82) is 0 Å². The maximum Gasteiger partial charge on any atom is 0.224 e. The summed E-state index contributed by atoms with van der Waals surface area (Å²) >= 11 is 0. The molecule has 3 aromatic rings. The predicted molar refractivity (Wildman–Crippen MR) is 86.3 cm³/mol. The fraction of sp³-hybridized carbons (Fsp3) is 0.167. The summed E-state index contributed by atoms with van der Waals surface area (Å²) < 4.78 is 1.72. The smallest absolute Gasteiger partial charge is 0.224 e. The molecule has 0 aliphatic carbocycles. The molecule has 0 spiro atoms. The van der Waals surface area contributed by atoms with E-state index in [1.807, 2.05) is 67.7 Å². The molecule has 112 valence electrons. The van der Waals surface area contributed by atoms with Gasteiger partial charge in [0.25, 0.3) is 0 Å². The fourth-order valence-electron chi connectivity index (χ4n) is 2.50. The van der Waals surface area contributed by atoms with Crippen LogP contribution in [0, 0.1) is 0 Å². The van der Waals surface area contributed by atoms with Gasteiger partial charge in [-0.1, -0.05) is 48.5 Å². The predicted octanol–water partition coefficient (Wildman–Crippen LogP) is 2.86. The summed E-state index contributed by atoms with van der Waals surface area (Å²) in [4.78, 5) is 17.4. The zero-order chi connectivity index (χ0) is 15.5. The Kier molecular flexibility index (Phi) is 3.83. The standard InChI is InChI=1S/C18H18N2O2/c1-13(18(19)21)16-11-20(17-10-6-5-9-15(16)17)22-12-14-7-3-2-4-8-14/h2-11,13H,12H2,1H3,(H2,19,21). The molecular formula is C18H18N2O2. The molecule has 0 saturated heterocycles. The highest BCUT2D eigenvalue weighted by atomic mass is 16.7. The molecule has 4 heteroatoms. The molecule has 1 aromatic heterocycles. The number of para-hydroxylation sites is 1. The van der Waals surface area contributed by atoms with Gasteiger partial charge in [-0.2, -0.15) is 4.73 Å². The van der Waals surface area contributed by atoms with E-state index in [1.54, 1.807) is 4.73 Å². The maximum absolute atomic E-state index is 11.5. The lowest BCUT2D eigenvalue weighted by molar-refractivity contribution is -0.119. The Morgan fingerprint density at radius 1 is 1.14 bits per heavy atom. The van der Waals surface area contributed by atoms with Crippen molar-refractivity contribution >= 4 is 16.8 Å². The maximum atomic E-state index is 11.5. The lowest BCUT2D eigenvalue weighted by Gasteiger charge is -2.08. The van der Waals surface area contributed by atoms with Crippen molar-refractivity contribution in [2.24, 2.45) is 5.73 Å². The van der Waals surface area contributed by atoms with E-state index in [0.717, 1.165) is 22.0 Å². The number of fused-ring (bicyclic) bond motifs is 1. The van der Waals surface area contributed by atoms with E-state index in [9.17, 15) is 4.79 Å². The van der Waals surface area contributed by atoms with Crippen LogP contribution in [0.25, 0.3) is 10.9 Å². The molecule has 1 amide bonds. The average molecular weight is 294 g/mol. The topological polar surface area (TPSA) is 57.2 Å². The molecule has 0 fully saturated rings. The number of hydrogen-bond donors (Lipinski definition) is 1. The van der Waals surface area contributed by atoms with E-state index in [0.29, 0.717) is 6.61 Å². The van der Waals surface area contributed by atoms with Crippen LogP contribution in [0.5, 0.6) is 0 Å². The minimum Gasteiger partial charge on any atom is -0.409 e. The largest absolute Gasteiger partial charge is 0.409 e. The summed E-state index contributed by atoms with van der Waals surface area (Å²) in [7, 11) is 0. The summed E-state index contributed by atoms with van der Waals surface area (Å²) in [5.41, 5.74) is 8.35. The second-order valence-electron chi connectivity index (χ2n) is 5.31. The molecule has 4 nitrogen and oxygen atoms in total. The van der Waals surface area contributed by atoms with Crippen molar-refractivity contribution in [3.8, 4) is 0 Å². The zero-order valence-corrected chi connectivity index (χ0v) is 12.4. The van der Waals surface area contributed by atoms with E-state index < -0.39 is 0 Å². The third-order valence-electron chi connectivity index (χ3n) is 3.82. The van der Waals surface area contributed by atoms with Gasteiger partial charge in [-0.3, -0.25) is 4.79 Å². The van der Waals surface area contributed by atoms with Crippen LogP contribution in [0.1, 0.15) is 24.0 Å². The Hall–Kier alpha value is -2.75. The molecule has 2 aromatic carbocycles. The summed E-state index contributed by atoms with van der Waals surface area (Å²) in [5, 5.41) is 0.988. The molecule has 3 rings (SSSR count). The zero-order valence-electron chi connectivity index (χ0n) is 12.4. The van der Waals surface area contributed by atoms with Crippen LogP contribution in [0.2, 0.25) is 0 Å². The molecule has 0 aliphatic heterocycles. The number of rotatable bonds is 5. The van der Waals surface area contributed by atoms with Crippen molar-refractivity contribution < 1.29 is 9.63 Å². The van der Waals surface area contributed by atoms with Gasteiger partial charge in [-0.05, 0) is 24.1 Å². The van der Waals surface area contributed by atoms with Crippen LogP contribution in [-0.2, 0) is 11.4 Å². The van der Waals surface area contributed by atoms with Gasteiger partial charge in [-0.25, -0.2) is 0 Å². The third-order valence-corrected chi connectivity index (χ3v) is 3.82. The average Bonchev–Trinajstić information content (AvgIpc) is 2.92. The Bertz CT molecular complexity index is 793. The third kappa shape index (κ3) is 2.68. The van der Waals surface area contributed by atoms with E-state index in [-0.39, 0.29) is 11.8 Å². The van der Waals surface area contributed by atoms with Gasteiger partial charge < -0.3 is 10.6 Å². The van der Waals surface area contributed by atoms with Crippen LogP contribution < -0.4 is 10.6 Å². The number of hydrogen-bond acceptors (Lipinski definition) is 2. The summed E-state index contributed by atoms with van der Waals surface area (Å²) in [6.45, 7) is 2.27. The van der Waals surface area contributed by atoms with Crippen molar-refractivity contribution in [2.45, 2.75) is 19.4 Å². The molecular weight excluding hydrogens is 276 g/mol. The van der Waals surface area contributed by atoms with E-state index in [1.165, 1.54) is 0 Å². The quantitative estimate of drug-likeness (QED) is 0.786. The van der Waals surface area contributed by atoms with Gasteiger partial charge in [-0.15, -0.1) is 0 Å². The molecule has 0 radical (unpaired) electrons. The molecule has 0 bridgehead atoms. The van der Waals surface area contributed by atoms with Gasteiger partial charge in [0.15, 0.2) is 0 Å². The highest BCUT2D eigenvalue weighted by molar-refractivity contribution is 5.91. The van der Waals surface area contributed by atoms with Crippen LogP contribution in [0.3, 0.4) is 0 Å². The Balaban J connectivity index is 1.94. The van der Waals surface area contributed by atoms with Gasteiger partial charge >= 0.3 is 0 Å². The molecule has 1 atom stereocenters. The number of amides is 1. The highest BCUT2D eigenvalue weighted by Gasteiger charge is 2.18. The van der Waals surface area contributed by atoms with E-state index >= 15 is 0 Å². The van der Waals surface area contributed by atoms with Gasteiger partial charge in [0.2, 0.25) is 5.91 Å². The second kappa shape index (κ2) is 5.93. The summed E-state index contributed by atoms with van der Waals surface area (Å²) in [6, 6.07) is 17.8. The normalized spacial score (nSPS) is 12.2. The van der Waals surface area contributed by atoms with E-state index in [2.05, 4.69) is 0 Å². The molecule has 0 saturated carbocycles. The van der Waals surface area contributed by atoms with Crippen molar-refractivity contribution in [3.63, 3.8) is 0 Å². The van der Waals surface area contributed by atoms with Gasteiger partial charge in [0.05, 0.1) is 11.4 Å². The van der Waals surface area contributed by atoms with Crippen molar-refractivity contribution in [2.75, 3.05) is 0 Å². The minimum atomic E-state index is -0.355. The first-order chi connectivity index (χ1) is 10.7. The lowest BCUT2D eigenvalue weighted by atomic mass is 10.0. The number of nitrogens with two attached hydrogens (primary N) is 1. The van der Waals surface area contributed by atoms with Crippen molar-refractivity contribution in [1.82, 2.24) is 4.73 Å². The monoisotopic (exact) mass is 294 g/mol. The Labute approximate surface area is 129 Å². The number of nitrogens with zero attached hydrogens (tertiary/aromatic N) is 1. The van der Waals surface area contributed by atoms with Crippen LogP contribution in [-0.4, -0.2) is 10.6 Å². The number of carbonyl (C=O) groups is 1. The summed E-state index contributed by atoms with van der Waals surface area (Å²) in [5.74, 6) is -0.697. The SMILES string of the molecule is CC(C(N)=O)c1cn(OCc2ccccc2)c2ccccc12. The minimum absolute atomic E-state index is 0.342. The van der Waals surface area contributed by atoms with Gasteiger partial charge in [0, 0.05) is 11.6 Å². The van der Waals surface area contributed by atoms with Crippen molar-refractivity contribution in [3.05, 3.63) is 71.9 Å². The first-order valence-corrected chi connectivity index (χ1v) is 7.23. The number of aromatic nitrogens is 1. The molecule has 22 heavy (non-hydrogen) atoms. The highest BCUT2D eigenvalue weighted by Crippen LogP contribution is 2.27. The van der Waals surface area contributed by atoms with E-state index in [4.69, 9.17) is 10.6 Å². The number of benzene rings is 2. The van der Waals surface area contributed by atoms with Crippen LogP contribution >= 0.6 is 0 Å². The molecule has 1 heterocycles. The molecule has 2 N–H and O–H groups in total.